The Morgan fingerprint density at radius 1 is 1.07 bits per heavy atom. The molecule has 146 valence electrons. The number of carbonyl (C=O) groups is 1. The van der Waals surface area contributed by atoms with Crippen LogP contribution in [-0.2, 0) is 19.4 Å². The van der Waals surface area contributed by atoms with Gasteiger partial charge < -0.3 is 9.88 Å². The minimum absolute atomic E-state index is 0.219. The van der Waals surface area contributed by atoms with E-state index in [1.807, 2.05) is 26.0 Å². The zero-order valence-electron chi connectivity index (χ0n) is 16.9. The van der Waals surface area contributed by atoms with E-state index in [4.69, 9.17) is 0 Å². The van der Waals surface area contributed by atoms with Crippen LogP contribution in [0.5, 0.6) is 0 Å². The van der Waals surface area contributed by atoms with Crippen LogP contribution < -0.4 is 10.7 Å². The number of carbonyl (C=O) groups excluding carboxylic acids is 1. The smallest absolute Gasteiger partial charge is 0.261 e. The molecule has 0 aliphatic carbocycles. The highest BCUT2D eigenvalue weighted by Gasteiger charge is 2.19. The summed E-state index contributed by atoms with van der Waals surface area (Å²) in [6, 6.07) is 5.62. The molecule has 0 fully saturated rings. The largest absolute Gasteiger partial charge is 0.348 e. The average Bonchev–Trinajstić information content (AvgIpc) is 2.62. The number of aryl methyl sites for hydroxylation is 3. The van der Waals surface area contributed by atoms with E-state index in [9.17, 15) is 9.59 Å². The van der Waals surface area contributed by atoms with Gasteiger partial charge in [-0.2, -0.15) is 0 Å². The van der Waals surface area contributed by atoms with Gasteiger partial charge in [-0.05, 0) is 56.4 Å². The van der Waals surface area contributed by atoms with Crippen LogP contribution in [-0.4, -0.2) is 10.5 Å². The lowest BCUT2D eigenvalue weighted by molar-refractivity contribution is 0.102. The molecule has 0 radical (unpaired) electrons. The summed E-state index contributed by atoms with van der Waals surface area (Å²) in [7, 11) is 0. The van der Waals surface area contributed by atoms with Gasteiger partial charge in [0.15, 0.2) is 5.43 Å². The molecule has 0 aliphatic heterocycles. The fourth-order valence-corrected chi connectivity index (χ4v) is 4.03. The summed E-state index contributed by atoms with van der Waals surface area (Å²) in [5.41, 5.74) is 4.60. The Labute approximate surface area is 170 Å². The second kappa shape index (κ2) is 9.36. The molecule has 1 aromatic carbocycles. The average molecular weight is 433 g/mol. The Morgan fingerprint density at radius 3 is 2.19 bits per heavy atom. The van der Waals surface area contributed by atoms with Crippen molar-refractivity contribution in [3.63, 3.8) is 0 Å². The lowest BCUT2D eigenvalue weighted by atomic mass is 10.0. The predicted molar refractivity (Wildman–Crippen MR) is 116 cm³/mol. The standard InChI is InChI=1S/C22H29BrN2O2/c1-6-9-10-25-14(4)11-19(26)20(15(25)5)22(27)24-21-16(7-2)12-18(23)13-17(21)8-3/h11-13H,6-10H2,1-5H3,(H,24,27). The molecule has 1 aromatic heterocycles. The monoisotopic (exact) mass is 432 g/mol. The predicted octanol–water partition coefficient (Wildman–Crippen LogP) is 5.40. The van der Waals surface area contributed by atoms with Crippen LogP contribution in [0, 0.1) is 13.8 Å². The van der Waals surface area contributed by atoms with E-state index >= 15 is 0 Å². The van der Waals surface area contributed by atoms with E-state index in [0.29, 0.717) is 0 Å². The molecular formula is C22H29BrN2O2. The Bertz CT molecular complexity index is 875. The van der Waals surface area contributed by atoms with Gasteiger partial charge in [-0.3, -0.25) is 9.59 Å². The molecule has 2 rings (SSSR count). The van der Waals surface area contributed by atoms with Crippen molar-refractivity contribution in [2.75, 3.05) is 5.32 Å². The van der Waals surface area contributed by atoms with E-state index in [1.165, 1.54) is 0 Å². The zero-order chi connectivity index (χ0) is 20.1. The number of aromatic nitrogens is 1. The highest BCUT2D eigenvalue weighted by atomic mass is 79.9. The van der Waals surface area contributed by atoms with Gasteiger partial charge in [0.25, 0.3) is 5.91 Å². The Morgan fingerprint density at radius 2 is 1.67 bits per heavy atom. The van der Waals surface area contributed by atoms with Crippen LogP contribution in [0.1, 0.15) is 66.5 Å². The van der Waals surface area contributed by atoms with Gasteiger partial charge >= 0.3 is 0 Å². The first-order valence-electron chi connectivity index (χ1n) is 9.67. The number of rotatable bonds is 7. The van der Waals surface area contributed by atoms with E-state index in [1.54, 1.807) is 6.07 Å². The maximum absolute atomic E-state index is 13.1. The number of benzene rings is 1. The lowest BCUT2D eigenvalue weighted by Crippen LogP contribution is -2.27. The molecular weight excluding hydrogens is 404 g/mol. The van der Waals surface area contributed by atoms with Gasteiger partial charge in [-0.25, -0.2) is 0 Å². The summed E-state index contributed by atoms with van der Waals surface area (Å²) in [4.78, 5) is 25.7. The van der Waals surface area contributed by atoms with Crippen molar-refractivity contribution in [2.24, 2.45) is 0 Å². The molecule has 27 heavy (non-hydrogen) atoms. The minimum atomic E-state index is -0.325. The molecule has 2 aromatic rings. The van der Waals surface area contributed by atoms with Crippen LogP contribution in [0.4, 0.5) is 5.69 Å². The normalized spacial score (nSPS) is 10.9. The number of unbranched alkanes of at least 4 members (excludes halogenated alkanes) is 1. The van der Waals surface area contributed by atoms with Gasteiger partial charge in [0, 0.05) is 34.2 Å². The SMILES string of the molecule is CCCCn1c(C)cc(=O)c(C(=O)Nc2c(CC)cc(Br)cc2CC)c1C. The van der Waals surface area contributed by atoms with E-state index in [2.05, 4.69) is 46.6 Å². The molecule has 0 saturated heterocycles. The maximum atomic E-state index is 13.1. The van der Waals surface area contributed by atoms with Crippen LogP contribution in [0.15, 0.2) is 27.5 Å². The van der Waals surface area contributed by atoms with Gasteiger partial charge in [0.05, 0.1) is 0 Å². The summed E-state index contributed by atoms with van der Waals surface area (Å²) in [6.45, 7) is 10.9. The third-order valence-electron chi connectivity index (χ3n) is 5.01. The summed E-state index contributed by atoms with van der Waals surface area (Å²) < 4.78 is 3.07. The third-order valence-corrected chi connectivity index (χ3v) is 5.47. The molecule has 1 amide bonds. The summed E-state index contributed by atoms with van der Waals surface area (Å²) in [5, 5.41) is 3.04. The number of hydrogen-bond donors (Lipinski definition) is 1. The quantitative estimate of drug-likeness (QED) is 0.635. The van der Waals surface area contributed by atoms with Gasteiger partial charge in [-0.1, -0.05) is 43.1 Å². The second-order valence-electron chi connectivity index (χ2n) is 6.88. The molecule has 0 atom stereocenters. The van der Waals surface area contributed by atoms with Crippen molar-refractivity contribution < 1.29 is 4.79 Å². The molecule has 1 N–H and O–H groups in total. The Balaban J connectivity index is 2.50. The molecule has 0 unspecified atom stereocenters. The fourth-order valence-electron chi connectivity index (χ4n) is 3.47. The maximum Gasteiger partial charge on any atom is 0.261 e. The van der Waals surface area contributed by atoms with Crippen LogP contribution in [0.3, 0.4) is 0 Å². The molecule has 5 heteroatoms. The summed E-state index contributed by atoms with van der Waals surface area (Å²) >= 11 is 3.54. The number of amides is 1. The van der Waals surface area contributed by atoms with Crippen molar-refractivity contribution in [2.45, 2.75) is 66.8 Å². The number of hydrogen-bond acceptors (Lipinski definition) is 2. The molecule has 0 spiro atoms. The number of pyridine rings is 1. The lowest BCUT2D eigenvalue weighted by Gasteiger charge is -2.19. The number of nitrogens with one attached hydrogen (secondary N) is 1. The molecule has 0 aliphatic rings. The van der Waals surface area contributed by atoms with E-state index < -0.39 is 0 Å². The first-order chi connectivity index (χ1) is 12.8. The third kappa shape index (κ3) is 4.70. The molecule has 0 bridgehead atoms. The summed E-state index contributed by atoms with van der Waals surface area (Å²) in [6.07, 6.45) is 3.68. The van der Waals surface area contributed by atoms with Crippen molar-refractivity contribution in [1.29, 1.82) is 0 Å². The zero-order valence-corrected chi connectivity index (χ0v) is 18.5. The number of anilines is 1. The van der Waals surface area contributed by atoms with Crippen molar-refractivity contribution in [3.05, 3.63) is 61.0 Å². The van der Waals surface area contributed by atoms with Crippen molar-refractivity contribution >= 4 is 27.5 Å². The second-order valence-corrected chi connectivity index (χ2v) is 7.79. The van der Waals surface area contributed by atoms with Crippen LogP contribution in [0.2, 0.25) is 0 Å². The highest BCUT2D eigenvalue weighted by molar-refractivity contribution is 9.10. The molecule has 0 saturated carbocycles. The topological polar surface area (TPSA) is 51.1 Å². The fraction of sp³-hybridized carbons (Fsp3) is 0.455. The first kappa shape index (κ1) is 21.4. The van der Waals surface area contributed by atoms with Crippen molar-refractivity contribution in [1.82, 2.24) is 4.57 Å². The first-order valence-corrected chi connectivity index (χ1v) is 10.5. The van der Waals surface area contributed by atoms with Gasteiger partial charge in [0.2, 0.25) is 0 Å². The Kier molecular flexibility index (Phi) is 7.42. The van der Waals surface area contributed by atoms with Crippen LogP contribution >= 0.6 is 15.9 Å². The van der Waals surface area contributed by atoms with Crippen LogP contribution in [0.25, 0.3) is 0 Å². The highest BCUT2D eigenvalue weighted by Crippen LogP contribution is 2.28. The Hall–Kier alpha value is -1.88. The van der Waals surface area contributed by atoms with E-state index in [0.717, 1.165) is 64.9 Å². The van der Waals surface area contributed by atoms with E-state index in [-0.39, 0.29) is 16.9 Å². The number of nitrogens with zero attached hydrogens (tertiary/aromatic N) is 1. The van der Waals surface area contributed by atoms with Gasteiger partial charge in [-0.15, -0.1) is 0 Å². The molecule has 4 nitrogen and oxygen atoms in total. The summed E-state index contributed by atoms with van der Waals surface area (Å²) in [5.74, 6) is -0.325. The number of halogens is 1. The van der Waals surface area contributed by atoms with Crippen molar-refractivity contribution in [3.8, 4) is 0 Å². The minimum Gasteiger partial charge on any atom is -0.348 e. The molecule has 1 heterocycles. The van der Waals surface area contributed by atoms with Gasteiger partial charge in [0.1, 0.15) is 5.56 Å².